The van der Waals surface area contributed by atoms with Crippen LogP contribution in [-0.2, 0) is 0 Å². The van der Waals surface area contributed by atoms with Crippen molar-refractivity contribution in [3.05, 3.63) is 11.1 Å². The van der Waals surface area contributed by atoms with Gasteiger partial charge < -0.3 is 10.4 Å². The lowest BCUT2D eigenvalue weighted by atomic mass is 10.0. The first kappa shape index (κ1) is 11.1. The van der Waals surface area contributed by atoms with Crippen molar-refractivity contribution in [2.75, 3.05) is 13.2 Å². The molecule has 0 heterocycles. The van der Waals surface area contributed by atoms with Crippen molar-refractivity contribution >= 4 is 15.9 Å². The van der Waals surface area contributed by atoms with Crippen molar-refractivity contribution in [3.8, 4) is 0 Å². The van der Waals surface area contributed by atoms with E-state index in [4.69, 9.17) is 5.11 Å². The first-order valence-corrected chi connectivity index (χ1v) is 4.52. The van der Waals surface area contributed by atoms with Gasteiger partial charge >= 0.3 is 0 Å². The molecule has 0 aromatic heterocycles. The molecule has 0 aromatic rings. The molecule has 0 saturated heterocycles. The van der Waals surface area contributed by atoms with Crippen LogP contribution in [0.1, 0.15) is 20.3 Å². The fourth-order valence-electron chi connectivity index (χ4n) is 0.602. The van der Waals surface area contributed by atoms with Crippen LogP contribution >= 0.6 is 15.9 Å². The van der Waals surface area contributed by atoms with E-state index >= 15 is 0 Å². The molecule has 0 aliphatic rings. The molecule has 0 aromatic carbocycles. The van der Waals surface area contributed by atoms with Gasteiger partial charge in [-0.3, -0.25) is 0 Å². The topological polar surface area (TPSA) is 32.3 Å². The van der Waals surface area contributed by atoms with E-state index in [-0.39, 0.29) is 12.1 Å². The van der Waals surface area contributed by atoms with Crippen LogP contribution in [0, 0.1) is 0 Å². The smallest absolute Gasteiger partial charge is 0.0610 e. The Morgan fingerprint density at radius 2 is 2.27 bits per heavy atom. The van der Waals surface area contributed by atoms with Gasteiger partial charge in [-0.1, -0.05) is 29.4 Å². The van der Waals surface area contributed by atoms with Gasteiger partial charge in [-0.15, -0.1) is 0 Å². The van der Waals surface area contributed by atoms with Gasteiger partial charge in [0.1, 0.15) is 0 Å². The zero-order valence-corrected chi connectivity index (χ0v) is 8.74. The maximum absolute atomic E-state index is 8.99. The summed E-state index contributed by atoms with van der Waals surface area (Å²) in [6.07, 6.45) is 0.907. The Bertz CT molecular complexity index is 132. The Labute approximate surface area is 76.8 Å². The maximum Gasteiger partial charge on any atom is 0.0610 e. The van der Waals surface area contributed by atoms with E-state index in [1.807, 2.05) is 13.8 Å². The summed E-state index contributed by atoms with van der Waals surface area (Å²) in [4.78, 5) is 0. The van der Waals surface area contributed by atoms with E-state index < -0.39 is 0 Å². The van der Waals surface area contributed by atoms with E-state index in [1.165, 1.54) is 0 Å². The highest BCUT2D eigenvalue weighted by molar-refractivity contribution is 9.11. The van der Waals surface area contributed by atoms with E-state index in [2.05, 4.69) is 27.8 Å². The third-order valence-corrected chi connectivity index (χ3v) is 2.12. The zero-order chi connectivity index (χ0) is 8.91. The molecule has 0 saturated carbocycles. The van der Waals surface area contributed by atoms with E-state index in [0.717, 1.165) is 10.9 Å². The van der Waals surface area contributed by atoms with Crippen LogP contribution < -0.4 is 5.32 Å². The van der Waals surface area contributed by atoms with Gasteiger partial charge in [0.15, 0.2) is 0 Å². The number of hydrogen-bond acceptors (Lipinski definition) is 2. The molecule has 0 bridgehead atoms. The fraction of sp³-hybridized carbons (Fsp3) is 0.750. The second-order valence-corrected chi connectivity index (χ2v) is 4.06. The quantitative estimate of drug-likeness (QED) is 0.741. The molecular formula is C8H16BrNO. The predicted octanol–water partition coefficient (Wildman–Crippen LogP) is 1.65. The molecule has 1 atom stereocenters. The minimum absolute atomic E-state index is 0.157. The standard InChI is InChI=1S/C8H16BrNO/c1-4-8(3,6-11)10-5-7(2)9/h10-11H,2,4-6H2,1,3H3. The van der Waals surface area contributed by atoms with Crippen LogP contribution in [0.4, 0.5) is 0 Å². The molecule has 11 heavy (non-hydrogen) atoms. The Balaban J connectivity index is 3.78. The normalized spacial score (nSPS) is 16.0. The average molecular weight is 222 g/mol. The van der Waals surface area contributed by atoms with Crippen LogP contribution in [0.5, 0.6) is 0 Å². The Hall–Kier alpha value is 0.140. The molecule has 3 heteroatoms. The summed E-state index contributed by atoms with van der Waals surface area (Å²) in [5.74, 6) is 0. The number of aliphatic hydroxyl groups excluding tert-OH is 1. The third-order valence-electron chi connectivity index (χ3n) is 1.84. The maximum atomic E-state index is 8.99. The lowest BCUT2D eigenvalue weighted by Gasteiger charge is -2.27. The van der Waals surface area contributed by atoms with Gasteiger partial charge in [-0.2, -0.15) is 0 Å². The molecule has 2 nitrogen and oxygen atoms in total. The Morgan fingerprint density at radius 1 is 1.73 bits per heavy atom. The summed E-state index contributed by atoms with van der Waals surface area (Å²) >= 11 is 3.25. The zero-order valence-electron chi connectivity index (χ0n) is 7.15. The largest absolute Gasteiger partial charge is 0.394 e. The van der Waals surface area contributed by atoms with Crippen molar-refractivity contribution in [1.82, 2.24) is 5.32 Å². The van der Waals surface area contributed by atoms with E-state index in [9.17, 15) is 0 Å². The summed E-state index contributed by atoms with van der Waals surface area (Å²) in [5, 5.41) is 12.2. The molecule has 0 amide bonds. The van der Waals surface area contributed by atoms with Crippen molar-refractivity contribution < 1.29 is 5.11 Å². The molecule has 0 aliphatic heterocycles. The SMILES string of the molecule is C=C(Br)CNC(C)(CC)CO. The molecule has 0 radical (unpaired) electrons. The van der Waals surface area contributed by atoms with Crippen LogP contribution in [0.15, 0.2) is 11.1 Å². The van der Waals surface area contributed by atoms with Crippen molar-refractivity contribution in [3.63, 3.8) is 0 Å². The predicted molar refractivity (Wildman–Crippen MR) is 51.9 cm³/mol. The number of nitrogens with one attached hydrogen (secondary N) is 1. The fourth-order valence-corrected chi connectivity index (χ4v) is 0.742. The van der Waals surface area contributed by atoms with E-state index in [0.29, 0.717) is 6.54 Å². The number of aliphatic hydroxyl groups is 1. The molecular weight excluding hydrogens is 206 g/mol. The molecule has 0 spiro atoms. The minimum Gasteiger partial charge on any atom is -0.394 e. The van der Waals surface area contributed by atoms with Crippen LogP contribution in [0.2, 0.25) is 0 Å². The molecule has 2 N–H and O–H groups in total. The van der Waals surface area contributed by atoms with Crippen molar-refractivity contribution in [1.29, 1.82) is 0 Å². The summed E-state index contributed by atoms with van der Waals surface area (Å²) in [6.45, 7) is 8.59. The first-order chi connectivity index (χ1) is 5.04. The number of hydrogen-bond donors (Lipinski definition) is 2. The lowest BCUT2D eigenvalue weighted by molar-refractivity contribution is 0.174. The first-order valence-electron chi connectivity index (χ1n) is 3.73. The van der Waals surface area contributed by atoms with Gasteiger partial charge in [0.25, 0.3) is 0 Å². The lowest BCUT2D eigenvalue weighted by Crippen LogP contribution is -2.45. The van der Waals surface area contributed by atoms with Gasteiger partial charge in [-0.05, 0) is 13.3 Å². The molecule has 0 fully saturated rings. The minimum atomic E-state index is -0.170. The van der Waals surface area contributed by atoms with Gasteiger partial charge in [0.2, 0.25) is 0 Å². The highest BCUT2D eigenvalue weighted by Gasteiger charge is 2.19. The third kappa shape index (κ3) is 4.56. The Kier molecular flexibility index (Phi) is 4.97. The number of rotatable bonds is 5. The highest BCUT2D eigenvalue weighted by Crippen LogP contribution is 2.09. The molecule has 0 rings (SSSR count). The second kappa shape index (κ2) is 4.91. The molecule has 0 aliphatic carbocycles. The summed E-state index contributed by atoms with van der Waals surface area (Å²) in [5.41, 5.74) is -0.170. The van der Waals surface area contributed by atoms with Gasteiger partial charge in [0, 0.05) is 16.6 Å². The van der Waals surface area contributed by atoms with Gasteiger partial charge in [0.05, 0.1) is 6.61 Å². The summed E-state index contributed by atoms with van der Waals surface area (Å²) in [7, 11) is 0. The average Bonchev–Trinajstić information content (AvgIpc) is 2.00. The molecule has 1 unspecified atom stereocenters. The monoisotopic (exact) mass is 221 g/mol. The second-order valence-electron chi connectivity index (χ2n) is 2.94. The van der Waals surface area contributed by atoms with Crippen molar-refractivity contribution in [2.45, 2.75) is 25.8 Å². The summed E-state index contributed by atoms with van der Waals surface area (Å²) in [6, 6.07) is 0. The van der Waals surface area contributed by atoms with Crippen LogP contribution in [-0.4, -0.2) is 23.8 Å². The van der Waals surface area contributed by atoms with Crippen LogP contribution in [0.3, 0.4) is 0 Å². The number of halogens is 1. The summed E-state index contributed by atoms with van der Waals surface area (Å²) < 4.78 is 0.908. The van der Waals surface area contributed by atoms with Gasteiger partial charge in [-0.25, -0.2) is 0 Å². The van der Waals surface area contributed by atoms with Crippen LogP contribution in [0.25, 0.3) is 0 Å². The molecule has 66 valence electrons. The van der Waals surface area contributed by atoms with E-state index in [1.54, 1.807) is 0 Å². The highest BCUT2D eigenvalue weighted by atomic mass is 79.9. The van der Waals surface area contributed by atoms with Crippen molar-refractivity contribution in [2.24, 2.45) is 0 Å². The Morgan fingerprint density at radius 3 is 2.55 bits per heavy atom.